The minimum atomic E-state index is -0.288. The van der Waals surface area contributed by atoms with Crippen molar-refractivity contribution in [3.05, 3.63) is 23.8 Å². The predicted molar refractivity (Wildman–Crippen MR) is 69.4 cm³/mol. The Bertz CT molecular complexity index is 295. The number of hydrogen-bond acceptors (Lipinski definition) is 1. The molecule has 0 bridgehead atoms. The van der Waals surface area contributed by atoms with Crippen LogP contribution in [0.5, 0.6) is 0 Å². The van der Waals surface area contributed by atoms with E-state index in [1.807, 2.05) is 13.8 Å². The third kappa shape index (κ3) is 3.62. The molecule has 0 saturated heterocycles. The van der Waals surface area contributed by atoms with Gasteiger partial charge in [0, 0.05) is 11.8 Å². The van der Waals surface area contributed by atoms with Gasteiger partial charge in [-0.2, -0.15) is 0 Å². The van der Waals surface area contributed by atoms with Crippen molar-refractivity contribution in [2.24, 2.45) is 5.41 Å². The van der Waals surface area contributed by atoms with Gasteiger partial charge < -0.3 is 0 Å². The average molecular weight is 220 g/mol. The molecule has 1 nitrogen and oxygen atoms in total. The van der Waals surface area contributed by atoms with Crippen molar-refractivity contribution in [3.63, 3.8) is 0 Å². The Labute approximate surface area is 99.6 Å². The standard InChI is InChI=1S/C15H24O/c1-13-11-9-7-5-4-6-8-10-12-14(16)15(13,2)3/h7,9,11H,4-6,8,10,12H2,1-3H3. The van der Waals surface area contributed by atoms with Gasteiger partial charge in [-0.15, -0.1) is 0 Å². The number of rotatable bonds is 0. The van der Waals surface area contributed by atoms with Crippen LogP contribution in [0, 0.1) is 5.41 Å². The molecule has 0 unspecified atom stereocenters. The fourth-order valence-corrected chi connectivity index (χ4v) is 1.95. The van der Waals surface area contributed by atoms with Crippen LogP contribution in [-0.4, -0.2) is 5.78 Å². The Hall–Kier alpha value is -0.850. The maximum atomic E-state index is 12.1. The molecule has 0 spiro atoms. The second-order valence-electron chi connectivity index (χ2n) is 5.28. The molecule has 0 aromatic carbocycles. The van der Waals surface area contributed by atoms with Crippen molar-refractivity contribution in [1.29, 1.82) is 0 Å². The largest absolute Gasteiger partial charge is 0.299 e. The van der Waals surface area contributed by atoms with E-state index in [9.17, 15) is 4.79 Å². The molecule has 0 aromatic rings. The second kappa shape index (κ2) is 6.03. The quantitative estimate of drug-likeness (QED) is 0.590. The summed E-state index contributed by atoms with van der Waals surface area (Å²) in [5.41, 5.74) is 0.887. The summed E-state index contributed by atoms with van der Waals surface area (Å²) >= 11 is 0. The molecule has 90 valence electrons. The maximum Gasteiger partial charge on any atom is 0.142 e. The van der Waals surface area contributed by atoms with E-state index >= 15 is 0 Å². The summed E-state index contributed by atoms with van der Waals surface area (Å²) in [5.74, 6) is 0.384. The maximum absolute atomic E-state index is 12.1. The van der Waals surface area contributed by atoms with Crippen molar-refractivity contribution in [2.75, 3.05) is 0 Å². The molecule has 1 aliphatic rings. The normalized spacial score (nSPS) is 23.2. The SMILES string of the molecule is CC1=CC=CCCCCCCC(=O)C1(C)C. The topological polar surface area (TPSA) is 17.1 Å². The van der Waals surface area contributed by atoms with Crippen LogP contribution < -0.4 is 0 Å². The lowest BCUT2D eigenvalue weighted by molar-refractivity contribution is -0.125. The summed E-state index contributed by atoms with van der Waals surface area (Å²) in [6.45, 7) is 6.15. The van der Waals surface area contributed by atoms with Crippen LogP contribution in [0.3, 0.4) is 0 Å². The van der Waals surface area contributed by atoms with E-state index in [-0.39, 0.29) is 5.41 Å². The molecule has 0 aromatic heterocycles. The highest BCUT2D eigenvalue weighted by atomic mass is 16.1. The van der Waals surface area contributed by atoms with Crippen LogP contribution in [0.15, 0.2) is 23.8 Å². The van der Waals surface area contributed by atoms with Gasteiger partial charge in [0.05, 0.1) is 0 Å². The van der Waals surface area contributed by atoms with Gasteiger partial charge >= 0.3 is 0 Å². The van der Waals surface area contributed by atoms with Crippen molar-refractivity contribution in [3.8, 4) is 0 Å². The van der Waals surface area contributed by atoms with E-state index in [2.05, 4.69) is 25.2 Å². The summed E-state index contributed by atoms with van der Waals surface area (Å²) in [4.78, 5) is 12.1. The Morgan fingerprint density at radius 1 is 1.12 bits per heavy atom. The lowest BCUT2D eigenvalue weighted by Crippen LogP contribution is -2.25. The lowest BCUT2D eigenvalue weighted by Gasteiger charge is -2.24. The zero-order valence-electron chi connectivity index (χ0n) is 10.9. The first-order chi connectivity index (χ1) is 7.55. The molecule has 0 N–H and O–H groups in total. The number of ketones is 1. The van der Waals surface area contributed by atoms with Crippen LogP contribution >= 0.6 is 0 Å². The van der Waals surface area contributed by atoms with Crippen molar-refractivity contribution >= 4 is 5.78 Å². The number of allylic oxidation sites excluding steroid dienone is 4. The summed E-state index contributed by atoms with van der Waals surface area (Å²) in [6, 6.07) is 0. The molecule has 0 saturated carbocycles. The van der Waals surface area contributed by atoms with Crippen LogP contribution in [0.25, 0.3) is 0 Å². The minimum absolute atomic E-state index is 0.288. The van der Waals surface area contributed by atoms with Crippen LogP contribution in [0.4, 0.5) is 0 Å². The van der Waals surface area contributed by atoms with Crippen molar-refractivity contribution in [2.45, 2.75) is 59.3 Å². The summed E-state index contributed by atoms with van der Waals surface area (Å²) in [5, 5.41) is 0. The Morgan fingerprint density at radius 2 is 1.81 bits per heavy atom. The Morgan fingerprint density at radius 3 is 2.56 bits per heavy atom. The van der Waals surface area contributed by atoms with Crippen molar-refractivity contribution in [1.82, 2.24) is 0 Å². The smallest absolute Gasteiger partial charge is 0.142 e. The van der Waals surface area contributed by atoms with Crippen LogP contribution in [0.2, 0.25) is 0 Å². The van der Waals surface area contributed by atoms with Gasteiger partial charge in [-0.25, -0.2) is 0 Å². The van der Waals surface area contributed by atoms with Gasteiger partial charge in [-0.1, -0.05) is 36.6 Å². The van der Waals surface area contributed by atoms with Gasteiger partial charge in [-0.3, -0.25) is 4.79 Å². The van der Waals surface area contributed by atoms with Gasteiger partial charge in [-0.05, 0) is 40.0 Å². The molecular formula is C15H24O. The van der Waals surface area contributed by atoms with E-state index in [1.165, 1.54) is 24.8 Å². The summed E-state index contributed by atoms with van der Waals surface area (Å²) in [6.07, 6.45) is 13.1. The van der Waals surface area contributed by atoms with E-state index in [1.54, 1.807) is 0 Å². The second-order valence-corrected chi connectivity index (χ2v) is 5.28. The molecule has 0 heterocycles. The van der Waals surface area contributed by atoms with Gasteiger partial charge in [0.1, 0.15) is 5.78 Å². The van der Waals surface area contributed by atoms with Gasteiger partial charge in [0.15, 0.2) is 0 Å². The molecule has 1 rings (SSSR count). The fourth-order valence-electron chi connectivity index (χ4n) is 1.95. The van der Waals surface area contributed by atoms with E-state index in [0.717, 1.165) is 19.3 Å². The molecular weight excluding hydrogens is 196 g/mol. The van der Waals surface area contributed by atoms with Crippen molar-refractivity contribution < 1.29 is 4.79 Å². The molecule has 1 aliphatic carbocycles. The lowest BCUT2D eigenvalue weighted by atomic mass is 9.78. The molecule has 0 atom stereocenters. The Kier molecular flexibility index (Phi) is 4.98. The van der Waals surface area contributed by atoms with E-state index in [4.69, 9.17) is 0 Å². The van der Waals surface area contributed by atoms with Crippen LogP contribution in [0.1, 0.15) is 59.3 Å². The number of hydrogen-bond donors (Lipinski definition) is 0. The molecule has 0 amide bonds. The summed E-state index contributed by atoms with van der Waals surface area (Å²) < 4.78 is 0. The molecule has 1 heteroatoms. The van der Waals surface area contributed by atoms with Gasteiger partial charge in [0.25, 0.3) is 0 Å². The Balaban J connectivity index is 2.81. The van der Waals surface area contributed by atoms with E-state index < -0.39 is 0 Å². The van der Waals surface area contributed by atoms with Gasteiger partial charge in [0.2, 0.25) is 0 Å². The molecule has 0 fully saturated rings. The molecule has 0 radical (unpaired) electrons. The monoisotopic (exact) mass is 220 g/mol. The molecule has 16 heavy (non-hydrogen) atoms. The zero-order valence-corrected chi connectivity index (χ0v) is 10.9. The minimum Gasteiger partial charge on any atom is -0.299 e. The average Bonchev–Trinajstić information content (AvgIpc) is 2.24. The first kappa shape index (κ1) is 13.2. The first-order valence-corrected chi connectivity index (χ1v) is 6.42. The number of carbonyl (C=O) groups is 1. The highest BCUT2D eigenvalue weighted by Crippen LogP contribution is 2.29. The summed E-state index contributed by atoms with van der Waals surface area (Å²) in [7, 11) is 0. The number of Topliss-reactive ketones (excluding diaryl/α,β-unsaturated/α-hetero) is 1. The number of carbonyl (C=O) groups excluding carboxylic acids is 1. The predicted octanol–water partition coefficient (Wildman–Crippen LogP) is 4.44. The van der Waals surface area contributed by atoms with E-state index in [0.29, 0.717) is 5.78 Å². The van der Waals surface area contributed by atoms with Crippen LogP contribution in [-0.2, 0) is 4.79 Å². The third-order valence-corrected chi connectivity index (χ3v) is 3.69. The zero-order chi connectivity index (χ0) is 12.0. The highest BCUT2D eigenvalue weighted by molar-refractivity contribution is 5.87. The first-order valence-electron chi connectivity index (χ1n) is 6.42. The molecule has 0 aliphatic heterocycles. The highest BCUT2D eigenvalue weighted by Gasteiger charge is 2.28. The fraction of sp³-hybridized carbons (Fsp3) is 0.667. The third-order valence-electron chi connectivity index (χ3n) is 3.69.